The van der Waals surface area contributed by atoms with E-state index in [1.807, 2.05) is 26.0 Å². The topological polar surface area (TPSA) is 95.2 Å². The summed E-state index contributed by atoms with van der Waals surface area (Å²) in [6.45, 7) is 15.0. The zero-order valence-corrected chi connectivity index (χ0v) is 23.0. The molecule has 36 heavy (non-hydrogen) atoms. The molecule has 0 aromatic rings. The van der Waals surface area contributed by atoms with Crippen LogP contribution in [-0.4, -0.2) is 22.6 Å². The lowest BCUT2D eigenvalue weighted by Gasteiger charge is -2.68. The Morgan fingerprint density at radius 2 is 1.64 bits per heavy atom. The number of ketones is 2. The highest BCUT2D eigenvalue weighted by Gasteiger charge is 2.70. The third-order valence-electron chi connectivity index (χ3n) is 12.3. The van der Waals surface area contributed by atoms with Gasteiger partial charge in [-0.3, -0.25) is 14.4 Å². The number of fused-ring (bicyclic) bond motifs is 7. The molecule has 0 aromatic carbocycles. The van der Waals surface area contributed by atoms with Crippen LogP contribution in [0.2, 0.25) is 0 Å². The van der Waals surface area contributed by atoms with Crippen LogP contribution in [0, 0.1) is 61.6 Å². The fourth-order valence-corrected chi connectivity index (χ4v) is 10.0. The normalized spacial score (nSPS) is 46.7. The Morgan fingerprint density at radius 1 is 1.00 bits per heavy atom. The second-order valence-electron chi connectivity index (χ2n) is 14.7. The Hall–Kier alpha value is -2.22. The molecule has 5 aliphatic rings. The second-order valence-corrected chi connectivity index (χ2v) is 14.7. The average Bonchev–Trinajstić information content (AvgIpc) is 2.77. The van der Waals surface area contributed by atoms with Gasteiger partial charge in [0.25, 0.3) is 0 Å². The molecule has 3 saturated carbocycles. The number of nitrogens with zero attached hydrogens (tertiary/aromatic N) is 1. The quantitative estimate of drug-likeness (QED) is 0.465. The van der Waals surface area contributed by atoms with Gasteiger partial charge in [0.2, 0.25) is 0 Å². The van der Waals surface area contributed by atoms with Gasteiger partial charge >= 0.3 is 5.97 Å². The number of hydrogen-bond acceptors (Lipinski definition) is 4. The first-order chi connectivity index (χ1) is 16.5. The summed E-state index contributed by atoms with van der Waals surface area (Å²) in [6.07, 6.45) is 8.98. The standard InChI is InChI=1S/C31H41NO4/c1-26(2)10-12-31(25(35)36)13-11-30(7)23(19(31)16-26)20(33)14-22-28(5)15-18(17-32)24(34)27(3,4)21(28)8-9-29(22,30)6/h14-15,19,21,23H,8-13,16H2,1-7H3,(H,35,36)/t19?,21?,23?,28-,29+,30+,31-/m0/s1. The van der Waals surface area contributed by atoms with E-state index in [1.165, 1.54) is 0 Å². The zero-order valence-electron chi connectivity index (χ0n) is 23.0. The molecule has 0 amide bonds. The highest BCUT2D eigenvalue weighted by Crippen LogP contribution is 2.74. The average molecular weight is 492 g/mol. The number of carbonyl (C=O) groups is 3. The molecule has 1 N–H and O–H groups in total. The van der Waals surface area contributed by atoms with Gasteiger partial charge in [-0.05, 0) is 79.1 Å². The molecule has 3 fully saturated rings. The van der Waals surface area contributed by atoms with E-state index in [0.717, 1.165) is 31.3 Å². The molecule has 0 saturated heterocycles. The molecule has 0 aromatic heterocycles. The van der Waals surface area contributed by atoms with Crippen molar-refractivity contribution < 1.29 is 19.5 Å². The van der Waals surface area contributed by atoms with E-state index in [9.17, 15) is 24.8 Å². The Bertz CT molecular complexity index is 1180. The molecule has 0 aliphatic heterocycles. The first-order valence-electron chi connectivity index (χ1n) is 13.7. The van der Waals surface area contributed by atoms with Gasteiger partial charge in [0.1, 0.15) is 6.07 Å². The lowest BCUT2D eigenvalue weighted by molar-refractivity contribution is -0.188. The maximum Gasteiger partial charge on any atom is 0.309 e. The van der Waals surface area contributed by atoms with Gasteiger partial charge in [-0.25, -0.2) is 0 Å². The number of carbonyl (C=O) groups excluding carboxylic acids is 2. The molecule has 0 spiro atoms. The number of carboxylic acid groups (broad SMARTS) is 1. The highest BCUT2D eigenvalue weighted by atomic mass is 16.4. The monoisotopic (exact) mass is 491 g/mol. The zero-order chi connectivity index (χ0) is 26.7. The van der Waals surface area contributed by atoms with Gasteiger partial charge in [-0.2, -0.15) is 5.26 Å². The van der Waals surface area contributed by atoms with Crippen molar-refractivity contribution in [1.29, 1.82) is 5.26 Å². The Morgan fingerprint density at radius 3 is 2.25 bits per heavy atom. The fraction of sp³-hybridized carbons (Fsp3) is 0.742. The SMILES string of the molecule is CC1(C)CC[C@]2(C(=O)O)CC[C@]3(C)C(C(=O)C=C4[C@@]5(C)C=C(C#N)C(=O)C(C)(C)C5CC[C@]43C)C2C1. The fourth-order valence-electron chi connectivity index (χ4n) is 10.0. The lowest BCUT2D eigenvalue weighted by atomic mass is 9.34. The number of rotatable bonds is 1. The van der Waals surface area contributed by atoms with E-state index in [-0.39, 0.29) is 51.1 Å². The van der Waals surface area contributed by atoms with Crippen molar-refractivity contribution >= 4 is 17.5 Å². The van der Waals surface area contributed by atoms with E-state index >= 15 is 0 Å². The van der Waals surface area contributed by atoms with Gasteiger partial charge in [-0.1, -0.05) is 60.1 Å². The lowest BCUT2D eigenvalue weighted by Crippen LogP contribution is -2.65. The van der Waals surface area contributed by atoms with Crippen LogP contribution in [0.4, 0.5) is 0 Å². The van der Waals surface area contributed by atoms with Crippen LogP contribution in [0.1, 0.15) is 93.4 Å². The molecule has 0 heterocycles. The molecular weight excluding hydrogens is 450 g/mol. The minimum Gasteiger partial charge on any atom is -0.481 e. The molecule has 3 unspecified atom stereocenters. The summed E-state index contributed by atoms with van der Waals surface area (Å²) in [5.41, 5.74) is -1.49. The first-order valence-corrected chi connectivity index (χ1v) is 13.7. The Kier molecular flexibility index (Phi) is 5.09. The van der Waals surface area contributed by atoms with Crippen molar-refractivity contribution in [3.63, 3.8) is 0 Å². The van der Waals surface area contributed by atoms with E-state index in [2.05, 4.69) is 40.7 Å². The van der Waals surface area contributed by atoms with Crippen LogP contribution in [0.3, 0.4) is 0 Å². The van der Waals surface area contributed by atoms with E-state index < -0.39 is 22.2 Å². The van der Waals surface area contributed by atoms with Crippen LogP contribution in [0.15, 0.2) is 23.3 Å². The van der Waals surface area contributed by atoms with Crippen molar-refractivity contribution in [2.75, 3.05) is 0 Å². The van der Waals surface area contributed by atoms with Crippen LogP contribution >= 0.6 is 0 Å². The first kappa shape index (κ1) is 25.4. The summed E-state index contributed by atoms with van der Waals surface area (Å²) in [5, 5.41) is 20.3. The number of allylic oxidation sites excluding steroid dienone is 4. The van der Waals surface area contributed by atoms with E-state index in [0.29, 0.717) is 19.3 Å². The van der Waals surface area contributed by atoms with Crippen LogP contribution in [0.25, 0.3) is 0 Å². The second kappa shape index (κ2) is 7.21. The molecule has 7 atom stereocenters. The number of Topliss-reactive ketones (excluding diaryl/α,β-unsaturated/α-hetero) is 1. The third-order valence-corrected chi connectivity index (χ3v) is 12.3. The van der Waals surface area contributed by atoms with Gasteiger partial charge in [0, 0.05) is 16.7 Å². The van der Waals surface area contributed by atoms with Crippen molar-refractivity contribution in [1.82, 2.24) is 0 Å². The van der Waals surface area contributed by atoms with Gasteiger partial charge < -0.3 is 5.11 Å². The predicted octanol–water partition coefficient (Wildman–Crippen LogP) is 6.29. The molecular formula is C31H41NO4. The molecule has 5 aliphatic carbocycles. The smallest absolute Gasteiger partial charge is 0.309 e. The van der Waals surface area contributed by atoms with Crippen molar-refractivity contribution in [2.24, 2.45) is 50.2 Å². The molecule has 194 valence electrons. The van der Waals surface area contributed by atoms with Gasteiger partial charge in [-0.15, -0.1) is 0 Å². The molecule has 0 bridgehead atoms. The summed E-state index contributed by atoms with van der Waals surface area (Å²) in [5.74, 6) is -1.27. The van der Waals surface area contributed by atoms with Crippen LogP contribution in [-0.2, 0) is 14.4 Å². The minimum atomic E-state index is -0.828. The number of carboxylic acids is 1. The maximum absolute atomic E-state index is 14.2. The summed E-state index contributed by atoms with van der Waals surface area (Å²) in [7, 11) is 0. The van der Waals surface area contributed by atoms with E-state index in [4.69, 9.17) is 0 Å². The van der Waals surface area contributed by atoms with E-state index in [1.54, 1.807) is 0 Å². The summed E-state index contributed by atoms with van der Waals surface area (Å²) >= 11 is 0. The van der Waals surface area contributed by atoms with Crippen molar-refractivity contribution in [3.8, 4) is 6.07 Å². The van der Waals surface area contributed by atoms with Crippen LogP contribution < -0.4 is 0 Å². The summed E-state index contributed by atoms with van der Waals surface area (Å²) < 4.78 is 0. The highest BCUT2D eigenvalue weighted by molar-refractivity contribution is 6.04. The minimum absolute atomic E-state index is 0.00880. The van der Waals surface area contributed by atoms with Crippen molar-refractivity contribution in [3.05, 3.63) is 23.3 Å². The van der Waals surface area contributed by atoms with Gasteiger partial charge in [0.05, 0.1) is 11.0 Å². The summed E-state index contributed by atoms with van der Waals surface area (Å²) in [4.78, 5) is 40.2. The number of aliphatic carboxylic acids is 1. The Labute approximate surface area is 215 Å². The number of hydrogen-bond donors (Lipinski definition) is 1. The van der Waals surface area contributed by atoms with Crippen molar-refractivity contribution in [2.45, 2.75) is 93.4 Å². The molecule has 5 heteroatoms. The molecule has 0 radical (unpaired) electrons. The van der Waals surface area contributed by atoms with Crippen LogP contribution in [0.5, 0.6) is 0 Å². The third kappa shape index (κ3) is 2.85. The number of nitriles is 1. The summed E-state index contributed by atoms with van der Waals surface area (Å²) in [6, 6.07) is 2.15. The van der Waals surface area contributed by atoms with Gasteiger partial charge in [0.15, 0.2) is 11.6 Å². The molecule has 5 rings (SSSR count). The molecule has 5 nitrogen and oxygen atoms in total. The Balaban J connectivity index is 1.71. The predicted molar refractivity (Wildman–Crippen MR) is 137 cm³/mol. The maximum atomic E-state index is 14.2. The largest absolute Gasteiger partial charge is 0.481 e.